The number of carbonyl (C=O) groups excluding carboxylic acids is 1. The van der Waals surface area contributed by atoms with E-state index in [1.54, 1.807) is 18.4 Å². The molecule has 0 aliphatic carbocycles. The largest absolute Gasteiger partial charge is 0.275 e. The summed E-state index contributed by atoms with van der Waals surface area (Å²) in [5.74, 6) is -0.623. The molecular formula is C12H10ClNO3S2. The molecule has 0 saturated heterocycles. The van der Waals surface area contributed by atoms with Crippen molar-refractivity contribution >= 4 is 38.9 Å². The Balaban J connectivity index is 2.25. The number of sulfonamides is 1. The van der Waals surface area contributed by atoms with E-state index in [1.165, 1.54) is 35.6 Å². The Labute approximate surface area is 120 Å². The molecule has 0 radical (unpaired) electrons. The third kappa shape index (κ3) is 3.15. The van der Waals surface area contributed by atoms with Crippen molar-refractivity contribution < 1.29 is 13.2 Å². The molecule has 19 heavy (non-hydrogen) atoms. The van der Waals surface area contributed by atoms with E-state index in [9.17, 15) is 13.2 Å². The standard InChI is InChI=1S/C12H10ClNO3S2/c1-8-6-7-18-11(8)12(15)14-19(16,17)10-4-2-9(13)3-5-10/h2-7H,1H3,(H,14,15). The minimum Gasteiger partial charge on any atom is -0.267 e. The predicted octanol–water partition coefficient (Wildman–Crippen LogP) is 2.83. The molecule has 0 aliphatic heterocycles. The average Bonchev–Trinajstić information content (AvgIpc) is 2.75. The summed E-state index contributed by atoms with van der Waals surface area (Å²) in [4.78, 5) is 12.3. The molecule has 1 aromatic carbocycles. The van der Waals surface area contributed by atoms with E-state index in [4.69, 9.17) is 11.6 Å². The monoisotopic (exact) mass is 315 g/mol. The van der Waals surface area contributed by atoms with Gasteiger partial charge in [-0.05, 0) is 48.2 Å². The lowest BCUT2D eigenvalue weighted by Gasteiger charge is -2.06. The van der Waals surface area contributed by atoms with Gasteiger partial charge in [0, 0.05) is 5.02 Å². The highest BCUT2D eigenvalue weighted by molar-refractivity contribution is 7.90. The Morgan fingerprint density at radius 2 is 1.84 bits per heavy atom. The molecule has 0 atom stereocenters. The van der Waals surface area contributed by atoms with Crippen molar-refractivity contribution in [2.75, 3.05) is 0 Å². The maximum Gasteiger partial charge on any atom is 0.275 e. The van der Waals surface area contributed by atoms with Crippen molar-refractivity contribution in [3.63, 3.8) is 0 Å². The number of aryl methyl sites for hydroxylation is 1. The summed E-state index contributed by atoms with van der Waals surface area (Å²) in [7, 11) is -3.87. The summed E-state index contributed by atoms with van der Waals surface area (Å²) in [6, 6.07) is 7.36. The molecule has 0 spiro atoms. The number of carbonyl (C=O) groups is 1. The number of halogens is 1. The molecule has 1 N–H and O–H groups in total. The number of thiophene rings is 1. The zero-order valence-corrected chi connectivity index (χ0v) is 12.3. The molecule has 0 bridgehead atoms. The average molecular weight is 316 g/mol. The van der Waals surface area contributed by atoms with Crippen molar-refractivity contribution in [2.24, 2.45) is 0 Å². The minimum atomic E-state index is -3.87. The quantitative estimate of drug-likeness (QED) is 0.947. The van der Waals surface area contributed by atoms with Crippen LogP contribution in [0.5, 0.6) is 0 Å². The van der Waals surface area contributed by atoms with Crippen molar-refractivity contribution in [3.8, 4) is 0 Å². The normalized spacial score (nSPS) is 11.3. The van der Waals surface area contributed by atoms with Gasteiger partial charge in [0.25, 0.3) is 15.9 Å². The predicted molar refractivity (Wildman–Crippen MR) is 75.2 cm³/mol. The Hall–Kier alpha value is -1.37. The molecule has 1 heterocycles. The van der Waals surface area contributed by atoms with Crippen molar-refractivity contribution in [1.82, 2.24) is 4.72 Å². The van der Waals surface area contributed by atoms with Crippen molar-refractivity contribution in [3.05, 3.63) is 51.2 Å². The number of benzene rings is 1. The van der Waals surface area contributed by atoms with Gasteiger partial charge in [-0.3, -0.25) is 4.79 Å². The Morgan fingerprint density at radius 1 is 1.21 bits per heavy atom. The molecule has 2 aromatic rings. The maximum atomic E-state index is 12.0. The first-order chi connectivity index (χ1) is 8.90. The van der Waals surface area contributed by atoms with E-state index < -0.39 is 15.9 Å². The first-order valence-corrected chi connectivity index (χ1v) is 8.01. The number of rotatable bonds is 3. The topological polar surface area (TPSA) is 63.2 Å². The molecule has 7 heteroatoms. The van der Waals surface area contributed by atoms with E-state index in [0.29, 0.717) is 9.90 Å². The van der Waals surface area contributed by atoms with E-state index >= 15 is 0 Å². The fourth-order valence-electron chi connectivity index (χ4n) is 1.45. The Bertz CT molecular complexity index is 705. The molecule has 4 nitrogen and oxygen atoms in total. The van der Waals surface area contributed by atoms with Crippen LogP contribution >= 0.6 is 22.9 Å². The van der Waals surface area contributed by atoms with Crippen LogP contribution in [0.1, 0.15) is 15.2 Å². The van der Waals surface area contributed by atoms with Gasteiger partial charge in [0.2, 0.25) is 0 Å². The summed E-state index contributed by atoms with van der Waals surface area (Å²) in [5, 5.41) is 2.17. The van der Waals surface area contributed by atoms with E-state index in [1.807, 2.05) is 4.72 Å². The van der Waals surface area contributed by atoms with Crippen LogP contribution in [0.2, 0.25) is 5.02 Å². The lowest BCUT2D eigenvalue weighted by molar-refractivity contribution is 0.0985. The summed E-state index contributed by atoms with van der Waals surface area (Å²) in [6.07, 6.45) is 0. The Morgan fingerprint density at radius 3 is 2.37 bits per heavy atom. The van der Waals surface area contributed by atoms with Crippen LogP contribution in [0.3, 0.4) is 0 Å². The summed E-state index contributed by atoms with van der Waals surface area (Å²) >= 11 is 6.89. The van der Waals surface area contributed by atoms with Crippen LogP contribution in [-0.4, -0.2) is 14.3 Å². The van der Waals surface area contributed by atoms with Crippen molar-refractivity contribution in [2.45, 2.75) is 11.8 Å². The Kier molecular flexibility index (Phi) is 3.93. The zero-order chi connectivity index (χ0) is 14.0. The van der Waals surface area contributed by atoms with E-state index in [0.717, 1.165) is 5.56 Å². The van der Waals surface area contributed by atoms with Gasteiger partial charge in [0.15, 0.2) is 0 Å². The number of hydrogen-bond donors (Lipinski definition) is 1. The lowest BCUT2D eigenvalue weighted by atomic mass is 10.3. The van der Waals surface area contributed by atoms with Crippen LogP contribution in [0.15, 0.2) is 40.6 Å². The third-order valence-corrected chi connectivity index (χ3v) is 5.03. The summed E-state index contributed by atoms with van der Waals surface area (Å²) < 4.78 is 26.0. The minimum absolute atomic E-state index is 0.000501. The van der Waals surface area contributed by atoms with Crippen LogP contribution in [0.25, 0.3) is 0 Å². The van der Waals surface area contributed by atoms with Crippen LogP contribution in [-0.2, 0) is 10.0 Å². The first kappa shape index (κ1) is 14.0. The van der Waals surface area contributed by atoms with Gasteiger partial charge in [0.05, 0.1) is 9.77 Å². The molecular weight excluding hydrogens is 306 g/mol. The SMILES string of the molecule is Cc1ccsc1C(=O)NS(=O)(=O)c1ccc(Cl)cc1. The molecule has 0 saturated carbocycles. The highest BCUT2D eigenvalue weighted by atomic mass is 35.5. The van der Waals surface area contributed by atoms with Gasteiger partial charge in [-0.1, -0.05) is 11.6 Å². The lowest BCUT2D eigenvalue weighted by Crippen LogP contribution is -2.30. The maximum absolute atomic E-state index is 12.0. The third-order valence-electron chi connectivity index (χ3n) is 2.42. The molecule has 0 unspecified atom stereocenters. The molecule has 1 amide bonds. The summed E-state index contributed by atoms with van der Waals surface area (Å²) in [5.41, 5.74) is 0.744. The van der Waals surface area contributed by atoms with Gasteiger partial charge in [0.1, 0.15) is 0 Å². The fraction of sp³-hybridized carbons (Fsp3) is 0.0833. The smallest absolute Gasteiger partial charge is 0.267 e. The zero-order valence-electron chi connectivity index (χ0n) is 9.88. The second-order valence-electron chi connectivity index (χ2n) is 3.82. The molecule has 1 aromatic heterocycles. The summed E-state index contributed by atoms with van der Waals surface area (Å²) in [6.45, 7) is 1.75. The van der Waals surface area contributed by atoms with Gasteiger partial charge in [-0.15, -0.1) is 11.3 Å². The van der Waals surface area contributed by atoms with E-state index in [-0.39, 0.29) is 4.90 Å². The van der Waals surface area contributed by atoms with Crippen LogP contribution in [0.4, 0.5) is 0 Å². The van der Waals surface area contributed by atoms with Gasteiger partial charge in [-0.2, -0.15) is 0 Å². The second-order valence-corrected chi connectivity index (χ2v) is 6.86. The fourth-order valence-corrected chi connectivity index (χ4v) is 3.42. The van der Waals surface area contributed by atoms with Crippen LogP contribution in [0, 0.1) is 6.92 Å². The number of nitrogens with one attached hydrogen (secondary N) is 1. The molecule has 0 fully saturated rings. The van der Waals surface area contributed by atoms with Gasteiger partial charge in [-0.25, -0.2) is 13.1 Å². The van der Waals surface area contributed by atoms with E-state index in [2.05, 4.69) is 0 Å². The van der Waals surface area contributed by atoms with Crippen LogP contribution < -0.4 is 4.72 Å². The second kappa shape index (κ2) is 5.32. The molecule has 2 rings (SSSR count). The van der Waals surface area contributed by atoms with Gasteiger partial charge < -0.3 is 0 Å². The number of hydrogen-bond acceptors (Lipinski definition) is 4. The van der Waals surface area contributed by atoms with Gasteiger partial charge >= 0.3 is 0 Å². The molecule has 100 valence electrons. The first-order valence-electron chi connectivity index (χ1n) is 5.27. The highest BCUT2D eigenvalue weighted by Gasteiger charge is 2.20. The number of amides is 1. The van der Waals surface area contributed by atoms with Crippen molar-refractivity contribution in [1.29, 1.82) is 0 Å². The molecule has 0 aliphatic rings. The highest BCUT2D eigenvalue weighted by Crippen LogP contribution is 2.18.